The molecule has 1 fully saturated rings. The lowest BCUT2D eigenvalue weighted by atomic mass is 9.61. The highest BCUT2D eigenvalue weighted by atomic mass is 32.2. The molecule has 9 heteroatoms. The zero-order valence-corrected chi connectivity index (χ0v) is 22.5. The third-order valence-electron chi connectivity index (χ3n) is 7.07. The van der Waals surface area contributed by atoms with Crippen molar-refractivity contribution in [3.63, 3.8) is 0 Å². The zero-order chi connectivity index (χ0) is 26.3. The highest BCUT2D eigenvalue weighted by molar-refractivity contribution is 7.92. The Hall–Kier alpha value is -1.96. The van der Waals surface area contributed by atoms with Crippen molar-refractivity contribution >= 4 is 31.4 Å². The number of ether oxygens (including phenoxy) is 2. The Balaban J connectivity index is 1.70. The van der Waals surface area contributed by atoms with Crippen LogP contribution in [0.15, 0.2) is 41.3 Å². The van der Waals surface area contributed by atoms with E-state index in [1.807, 2.05) is 12.1 Å². The van der Waals surface area contributed by atoms with Crippen LogP contribution in [0.1, 0.15) is 63.1 Å². The molecule has 2 aromatic carbocycles. The lowest BCUT2D eigenvalue weighted by Crippen LogP contribution is -2.44. The van der Waals surface area contributed by atoms with Gasteiger partial charge in [-0.05, 0) is 71.9 Å². The fraction of sp³-hybridized carbons (Fsp3) is 0.556. The summed E-state index contributed by atoms with van der Waals surface area (Å²) >= 11 is 0. The summed E-state index contributed by atoms with van der Waals surface area (Å²) in [5, 5.41) is 8.22. The fourth-order valence-corrected chi connectivity index (χ4v) is 6.68. The first-order valence-electron chi connectivity index (χ1n) is 12.6. The maximum Gasteiger partial charge on any atom is 0.264 e. The smallest absolute Gasteiger partial charge is 0.264 e. The first-order chi connectivity index (χ1) is 16.8. The van der Waals surface area contributed by atoms with E-state index < -0.39 is 15.4 Å². The molecule has 2 aliphatic rings. The quantitative estimate of drug-likeness (QED) is 0.577. The summed E-state index contributed by atoms with van der Waals surface area (Å²) in [4.78, 5) is 0.00169. The predicted octanol–water partition coefficient (Wildman–Crippen LogP) is 3.83. The third kappa shape index (κ3) is 5.79. The summed E-state index contributed by atoms with van der Waals surface area (Å²) in [5.41, 5.74) is 2.63. The number of anilines is 1. The first kappa shape index (κ1) is 27.1. The van der Waals surface area contributed by atoms with Crippen LogP contribution >= 0.6 is 0 Å². The Labute approximate surface area is 218 Å². The van der Waals surface area contributed by atoms with Gasteiger partial charge >= 0.3 is 0 Å². The van der Waals surface area contributed by atoms with Gasteiger partial charge in [0.25, 0.3) is 10.0 Å². The second-order valence-corrected chi connectivity index (χ2v) is 13.1. The van der Waals surface area contributed by atoms with Crippen molar-refractivity contribution in [2.24, 2.45) is 11.3 Å². The van der Waals surface area contributed by atoms with Crippen LogP contribution in [0, 0.1) is 11.3 Å². The molecule has 36 heavy (non-hydrogen) atoms. The van der Waals surface area contributed by atoms with E-state index in [0.29, 0.717) is 43.9 Å². The zero-order valence-electron chi connectivity index (χ0n) is 21.7. The Kier molecular flexibility index (Phi) is 7.58. The molecule has 0 amide bonds. The van der Waals surface area contributed by atoms with Gasteiger partial charge in [-0.1, -0.05) is 39.8 Å². The maximum atomic E-state index is 14.0. The number of sulfonamides is 1. The normalized spacial score (nSPS) is 18.8. The largest absolute Gasteiger partial charge is 0.493 e. The number of fused-ring (bicyclic) bond motifs is 1. The molecule has 6 nitrogen and oxygen atoms in total. The average Bonchev–Trinajstić information content (AvgIpc) is 2.81. The Morgan fingerprint density at radius 1 is 1.17 bits per heavy atom. The number of aliphatic hydroxyl groups is 1. The first-order valence-corrected chi connectivity index (χ1v) is 14.0. The maximum absolute atomic E-state index is 14.0. The van der Waals surface area contributed by atoms with Crippen LogP contribution < -0.4 is 9.04 Å². The van der Waals surface area contributed by atoms with Crippen LogP contribution in [0.4, 0.5) is 5.69 Å². The molecule has 1 saturated heterocycles. The van der Waals surface area contributed by atoms with E-state index in [9.17, 15) is 13.5 Å². The summed E-state index contributed by atoms with van der Waals surface area (Å²) in [6, 6.07) is 10.4. The fourth-order valence-electron chi connectivity index (χ4n) is 4.97. The van der Waals surface area contributed by atoms with Gasteiger partial charge in [0, 0.05) is 30.7 Å². The van der Waals surface area contributed by atoms with Gasteiger partial charge in [0.1, 0.15) is 21.4 Å². The molecule has 0 aromatic heterocycles. The van der Waals surface area contributed by atoms with Crippen LogP contribution in [-0.2, 0) is 26.6 Å². The van der Waals surface area contributed by atoms with Gasteiger partial charge in [0.05, 0.1) is 17.2 Å². The Morgan fingerprint density at radius 3 is 2.50 bits per heavy atom. The second kappa shape index (κ2) is 10.1. The molecule has 2 heterocycles. The highest BCUT2D eigenvalue weighted by Gasteiger charge is 2.38. The molecular weight excluding hydrogens is 472 g/mol. The van der Waals surface area contributed by atoms with Gasteiger partial charge in [0.15, 0.2) is 0 Å². The van der Waals surface area contributed by atoms with Crippen LogP contribution in [0.25, 0.3) is 0 Å². The summed E-state index contributed by atoms with van der Waals surface area (Å²) in [6.45, 7) is 10.5. The summed E-state index contributed by atoms with van der Waals surface area (Å²) in [7, 11) is 7.72. The van der Waals surface area contributed by atoms with Gasteiger partial charge < -0.3 is 14.6 Å². The topological polar surface area (TPSA) is 76.1 Å². The molecule has 4 radical (unpaired) electrons. The van der Waals surface area contributed by atoms with E-state index in [-0.39, 0.29) is 21.6 Å². The molecule has 0 saturated carbocycles. The minimum absolute atomic E-state index is 0.00169. The van der Waals surface area contributed by atoms with Gasteiger partial charge in [-0.15, -0.1) is 0 Å². The molecule has 2 aliphatic heterocycles. The SMILES string of the molecule is [B]C([B])(O)c1cc(S(=O)(=O)N2CC(C)(C)Cc3cc(C(C)C)ccc32)ccc1OCC1CCOCC1. The molecule has 2 aromatic rings. The van der Waals surface area contributed by atoms with Crippen molar-refractivity contribution in [2.45, 2.75) is 63.2 Å². The lowest BCUT2D eigenvalue weighted by molar-refractivity contribution is 0.0492. The van der Waals surface area contributed by atoms with E-state index in [2.05, 4.69) is 33.8 Å². The van der Waals surface area contributed by atoms with Gasteiger partial charge in [-0.25, -0.2) is 8.42 Å². The van der Waals surface area contributed by atoms with Gasteiger partial charge in [-0.2, -0.15) is 0 Å². The minimum atomic E-state index is -3.98. The molecular formula is C27H35B2NO5S. The second-order valence-electron chi connectivity index (χ2n) is 11.2. The molecule has 190 valence electrons. The number of rotatable bonds is 7. The van der Waals surface area contributed by atoms with Crippen LogP contribution in [0.5, 0.6) is 5.75 Å². The van der Waals surface area contributed by atoms with Gasteiger partial charge in [0.2, 0.25) is 0 Å². The van der Waals surface area contributed by atoms with E-state index in [1.54, 1.807) is 0 Å². The van der Waals surface area contributed by atoms with Crippen molar-refractivity contribution in [2.75, 3.05) is 30.7 Å². The van der Waals surface area contributed by atoms with Crippen molar-refractivity contribution in [3.8, 4) is 5.75 Å². The number of hydrogen-bond acceptors (Lipinski definition) is 5. The predicted molar refractivity (Wildman–Crippen MR) is 143 cm³/mol. The lowest BCUT2D eigenvalue weighted by Gasteiger charge is -2.40. The Bertz CT molecular complexity index is 1200. The average molecular weight is 507 g/mol. The molecule has 0 spiro atoms. The summed E-state index contributed by atoms with van der Waals surface area (Å²) < 4.78 is 40.7. The monoisotopic (exact) mass is 507 g/mol. The molecule has 4 rings (SSSR count). The van der Waals surface area contributed by atoms with E-state index >= 15 is 0 Å². The number of hydrogen-bond donors (Lipinski definition) is 1. The van der Waals surface area contributed by atoms with Crippen LogP contribution in [0.3, 0.4) is 0 Å². The summed E-state index contributed by atoms with van der Waals surface area (Å²) in [6.07, 6.45) is 2.53. The molecule has 1 N–H and O–H groups in total. The summed E-state index contributed by atoms with van der Waals surface area (Å²) in [5.74, 6) is 0.920. The molecule has 0 aliphatic carbocycles. The molecule has 0 atom stereocenters. The Morgan fingerprint density at radius 2 is 1.86 bits per heavy atom. The van der Waals surface area contributed by atoms with E-state index in [0.717, 1.165) is 24.8 Å². The molecule has 0 bridgehead atoms. The van der Waals surface area contributed by atoms with Crippen molar-refractivity contribution in [3.05, 3.63) is 53.1 Å². The van der Waals surface area contributed by atoms with Crippen molar-refractivity contribution in [1.29, 1.82) is 0 Å². The van der Waals surface area contributed by atoms with Crippen molar-refractivity contribution < 1.29 is 23.0 Å². The van der Waals surface area contributed by atoms with E-state index in [1.165, 1.54) is 28.1 Å². The standard InChI is InChI=1S/C27H35B2NO5S/c1-18(2)20-5-7-24-21(13-20)15-26(3,4)17-30(24)36(32,33)22-6-8-25(23(14-22)27(28,29)31)35-16-19-9-11-34-12-10-19/h5-8,13-14,18-19,31H,9-12,15-17H2,1-4H3. The van der Waals surface area contributed by atoms with Crippen LogP contribution in [0.2, 0.25) is 0 Å². The van der Waals surface area contributed by atoms with Gasteiger partial charge in [-0.3, -0.25) is 4.31 Å². The van der Waals surface area contributed by atoms with Crippen molar-refractivity contribution in [1.82, 2.24) is 0 Å². The molecule has 0 unspecified atom stereocenters. The number of nitrogens with zero attached hydrogens (tertiary/aromatic N) is 1. The van der Waals surface area contributed by atoms with Crippen LogP contribution in [-0.4, -0.2) is 55.6 Å². The number of benzene rings is 2. The minimum Gasteiger partial charge on any atom is -0.493 e. The van der Waals surface area contributed by atoms with E-state index in [4.69, 9.17) is 25.2 Å². The highest BCUT2D eigenvalue weighted by Crippen LogP contribution is 2.41. The third-order valence-corrected chi connectivity index (χ3v) is 8.82.